The standard InChI is InChI=1S/C13H21F3O2/c1-4-9(5-2)11(17)7-12(18)10(6-3)8-13(14,15)16/h9-10H,4-8H2,1-3H3. The summed E-state index contributed by atoms with van der Waals surface area (Å²) in [6.07, 6.45) is -4.47. The Hall–Kier alpha value is -0.870. The van der Waals surface area contributed by atoms with Crippen LogP contribution in [0.25, 0.3) is 0 Å². The first-order valence-electron chi connectivity index (χ1n) is 6.37. The van der Waals surface area contributed by atoms with E-state index in [0.29, 0.717) is 12.8 Å². The Morgan fingerprint density at radius 1 is 0.889 bits per heavy atom. The highest BCUT2D eigenvalue weighted by Crippen LogP contribution is 2.28. The van der Waals surface area contributed by atoms with E-state index in [4.69, 9.17) is 0 Å². The van der Waals surface area contributed by atoms with Crippen LogP contribution in [0.4, 0.5) is 13.2 Å². The van der Waals surface area contributed by atoms with Crippen molar-refractivity contribution < 1.29 is 22.8 Å². The zero-order valence-corrected chi connectivity index (χ0v) is 11.1. The van der Waals surface area contributed by atoms with Gasteiger partial charge < -0.3 is 0 Å². The Balaban J connectivity index is 4.49. The van der Waals surface area contributed by atoms with Crippen LogP contribution >= 0.6 is 0 Å². The van der Waals surface area contributed by atoms with E-state index in [2.05, 4.69) is 0 Å². The van der Waals surface area contributed by atoms with Gasteiger partial charge in [-0.2, -0.15) is 13.2 Å². The van der Waals surface area contributed by atoms with E-state index in [0.717, 1.165) is 0 Å². The molecule has 0 aromatic rings. The van der Waals surface area contributed by atoms with Crippen molar-refractivity contribution in [2.24, 2.45) is 11.8 Å². The van der Waals surface area contributed by atoms with E-state index < -0.39 is 24.3 Å². The monoisotopic (exact) mass is 266 g/mol. The third kappa shape index (κ3) is 6.17. The van der Waals surface area contributed by atoms with Crippen LogP contribution in [0.5, 0.6) is 0 Å². The van der Waals surface area contributed by atoms with E-state index in [1.54, 1.807) is 0 Å². The summed E-state index contributed by atoms with van der Waals surface area (Å²) >= 11 is 0. The van der Waals surface area contributed by atoms with Gasteiger partial charge in [-0.05, 0) is 19.3 Å². The number of rotatable bonds is 8. The number of Topliss-reactive ketones (excluding diaryl/α,β-unsaturated/α-hetero) is 2. The van der Waals surface area contributed by atoms with Crippen LogP contribution in [0.15, 0.2) is 0 Å². The van der Waals surface area contributed by atoms with Crippen LogP contribution < -0.4 is 0 Å². The van der Waals surface area contributed by atoms with Gasteiger partial charge in [-0.1, -0.05) is 20.8 Å². The first-order chi connectivity index (χ1) is 8.25. The third-order valence-electron chi connectivity index (χ3n) is 3.22. The van der Waals surface area contributed by atoms with Crippen LogP contribution in [0.1, 0.15) is 52.9 Å². The Morgan fingerprint density at radius 2 is 1.28 bits per heavy atom. The fourth-order valence-electron chi connectivity index (χ4n) is 1.97. The average Bonchev–Trinajstić information content (AvgIpc) is 2.26. The molecule has 0 amide bonds. The molecule has 0 aliphatic heterocycles. The van der Waals surface area contributed by atoms with Gasteiger partial charge in [0.2, 0.25) is 0 Å². The molecule has 0 aliphatic carbocycles. The molecular formula is C13H21F3O2. The maximum atomic E-state index is 12.2. The molecular weight excluding hydrogens is 245 g/mol. The molecule has 106 valence electrons. The molecule has 18 heavy (non-hydrogen) atoms. The first-order valence-corrected chi connectivity index (χ1v) is 6.37. The molecule has 0 spiro atoms. The largest absolute Gasteiger partial charge is 0.389 e. The average molecular weight is 266 g/mol. The number of hydrogen-bond acceptors (Lipinski definition) is 2. The normalized spacial score (nSPS) is 13.7. The van der Waals surface area contributed by atoms with E-state index in [-0.39, 0.29) is 24.5 Å². The second kappa shape index (κ2) is 7.54. The van der Waals surface area contributed by atoms with Crippen LogP contribution in [0.3, 0.4) is 0 Å². The molecule has 0 aliphatic rings. The summed E-state index contributed by atoms with van der Waals surface area (Å²) in [5.74, 6) is -2.10. The van der Waals surface area contributed by atoms with Crippen molar-refractivity contribution in [2.75, 3.05) is 0 Å². The zero-order chi connectivity index (χ0) is 14.3. The van der Waals surface area contributed by atoms with Gasteiger partial charge in [-0.15, -0.1) is 0 Å². The number of carbonyl (C=O) groups excluding carboxylic acids is 2. The fourth-order valence-corrected chi connectivity index (χ4v) is 1.97. The minimum Gasteiger partial charge on any atom is -0.299 e. The maximum Gasteiger partial charge on any atom is 0.389 e. The molecule has 0 aromatic heterocycles. The van der Waals surface area contributed by atoms with Crippen LogP contribution in [0.2, 0.25) is 0 Å². The predicted octanol–water partition coefficient (Wildman–Crippen LogP) is 3.93. The molecule has 0 saturated heterocycles. The number of carbonyl (C=O) groups is 2. The van der Waals surface area contributed by atoms with Crippen LogP contribution in [-0.4, -0.2) is 17.7 Å². The molecule has 5 heteroatoms. The Labute approximate surface area is 106 Å². The van der Waals surface area contributed by atoms with E-state index in [9.17, 15) is 22.8 Å². The second-order valence-corrected chi connectivity index (χ2v) is 4.55. The molecule has 0 N–H and O–H groups in total. The quantitative estimate of drug-likeness (QED) is 0.624. The summed E-state index contributed by atoms with van der Waals surface area (Å²) < 4.78 is 36.7. The number of ketones is 2. The smallest absolute Gasteiger partial charge is 0.299 e. The molecule has 0 heterocycles. The number of hydrogen-bond donors (Lipinski definition) is 0. The lowest BCUT2D eigenvalue weighted by molar-refractivity contribution is -0.154. The van der Waals surface area contributed by atoms with Crippen LogP contribution in [0, 0.1) is 11.8 Å². The molecule has 0 fully saturated rings. The van der Waals surface area contributed by atoms with Gasteiger partial charge in [-0.3, -0.25) is 9.59 Å². The van der Waals surface area contributed by atoms with E-state index in [1.807, 2.05) is 13.8 Å². The Kier molecular flexibility index (Phi) is 7.18. The van der Waals surface area contributed by atoms with Gasteiger partial charge in [0.25, 0.3) is 0 Å². The van der Waals surface area contributed by atoms with Crippen LogP contribution in [-0.2, 0) is 9.59 Å². The lowest BCUT2D eigenvalue weighted by atomic mass is 9.88. The molecule has 0 saturated carbocycles. The third-order valence-corrected chi connectivity index (χ3v) is 3.22. The minimum atomic E-state index is -4.35. The molecule has 0 bridgehead atoms. The molecule has 2 nitrogen and oxygen atoms in total. The zero-order valence-electron chi connectivity index (χ0n) is 11.1. The molecule has 0 rings (SSSR count). The fraction of sp³-hybridized carbons (Fsp3) is 0.846. The molecule has 0 radical (unpaired) electrons. The lowest BCUT2D eigenvalue weighted by Gasteiger charge is -2.17. The Morgan fingerprint density at radius 3 is 1.61 bits per heavy atom. The highest BCUT2D eigenvalue weighted by molar-refractivity contribution is 6.01. The predicted molar refractivity (Wildman–Crippen MR) is 63.2 cm³/mol. The summed E-state index contributed by atoms with van der Waals surface area (Å²) in [7, 11) is 0. The Bertz CT molecular complexity index is 280. The topological polar surface area (TPSA) is 34.1 Å². The van der Waals surface area contributed by atoms with Gasteiger partial charge in [0, 0.05) is 11.8 Å². The van der Waals surface area contributed by atoms with Crippen molar-refractivity contribution in [1.82, 2.24) is 0 Å². The van der Waals surface area contributed by atoms with Gasteiger partial charge in [0.05, 0.1) is 12.8 Å². The molecule has 1 atom stereocenters. The van der Waals surface area contributed by atoms with Gasteiger partial charge in [-0.25, -0.2) is 0 Å². The first kappa shape index (κ1) is 17.1. The summed E-state index contributed by atoms with van der Waals surface area (Å²) in [4.78, 5) is 23.4. The summed E-state index contributed by atoms with van der Waals surface area (Å²) in [5, 5.41) is 0. The van der Waals surface area contributed by atoms with Gasteiger partial charge in [0.15, 0.2) is 0 Å². The van der Waals surface area contributed by atoms with Crippen molar-refractivity contribution >= 4 is 11.6 Å². The van der Waals surface area contributed by atoms with E-state index in [1.165, 1.54) is 6.92 Å². The summed E-state index contributed by atoms with van der Waals surface area (Å²) in [5.41, 5.74) is 0. The molecule has 1 unspecified atom stereocenters. The van der Waals surface area contributed by atoms with Crippen molar-refractivity contribution in [3.8, 4) is 0 Å². The highest BCUT2D eigenvalue weighted by atomic mass is 19.4. The maximum absolute atomic E-state index is 12.2. The number of alkyl halides is 3. The van der Waals surface area contributed by atoms with Crippen molar-refractivity contribution in [3.05, 3.63) is 0 Å². The van der Waals surface area contributed by atoms with E-state index >= 15 is 0 Å². The summed E-state index contributed by atoms with van der Waals surface area (Å²) in [6, 6.07) is 0. The van der Waals surface area contributed by atoms with Gasteiger partial charge in [0.1, 0.15) is 11.6 Å². The van der Waals surface area contributed by atoms with Crippen molar-refractivity contribution in [1.29, 1.82) is 0 Å². The van der Waals surface area contributed by atoms with Crippen molar-refractivity contribution in [3.63, 3.8) is 0 Å². The second-order valence-electron chi connectivity index (χ2n) is 4.55. The number of halogens is 3. The van der Waals surface area contributed by atoms with Gasteiger partial charge >= 0.3 is 6.18 Å². The lowest BCUT2D eigenvalue weighted by Crippen LogP contribution is -2.26. The summed E-state index contributed by atoms with van der Waals surface area (Å²) in [6.45, 7) is 5.21. The van der Waals surface area contributed by atoms with Crippen molar-refractivity contribution in [2.45, 2.75) is 59.1 Å². The highest BCUT2D eigenvalue weighted by Gasteiger charge is 2.35. The SMILES string of the molecule is CCC(CC)C(=O)CC(=O)C(CC)CC(F)(F)F. The minimum absolute atomic E-state index is 0.120. The molecule has 0 aromatic carbocycles.